The molecule has 0 aromatic heterocycles. The van der Waals surface area contributed by atoms with E-state index in [0.717, 1.165) is 19.5 Å². The molecule has 1 heterocycles. The second kappa shape index (κ2) is 5.08. The molecule has 0 spiro atoms. The minimum Gasteiger partial charge on any atom is -0.483 e. The number of aromatic carboxylic acids is 1. The average molecular weight is 249 g/mol. The van der Waals surface area contributed by atoms with Crippen LogP contribution >= 0.6 is 0 Å². The zero-order valence-corrected chi connectivity index (χ0v) is 10.2. The predicted molar refractivity (Wildman–Crippen MR) is 64.8 cm³/mol. The number of aryl methyl sites for hydroxylation is 1. The molecule has 18 heavy (non-hydrogen) atoms. The van der Waals surface area contributed by atoms with Gasteiger partial charge < -0.3 is 14.7 Å². The van der Waals surface area contributed by atoms with E-state index in [2.05, 4.69) is 0 Å². The molecule has 5 nitrogen and oxygen atoms in total. The topological polar surface area (TPSA) is 66.8 Å². The van der Waals surface area contributed by atoms with Crippen molar-refractivity contribution in [3.8, 4) is 5.75 Å². The van der Waals surface area contributed by atoms with Crippen molar-refractivity contribution in [2.75, 3.05) is 19.7 Å². The third kappa shape index (κ3) is 2.45. The maximum Gasteiger partial charge on any atom is 0.339 e. The highest BCUT2D eigenvalue weighted by Gasteiger charge is 2.21. The fraction of sp³-hybridized carbons (Fsp3) is 0.385. The maximum absolute atomic E-state index is 11.6. The molecule has 0 radical (unpaired) electrons. The molecule has 1 aliphatic heterocycles. The minimum atomic E-state index is -1.05. The summed E-state index contributed by atoms with van der Waals surface area (Å²) in [5.74, 6) is -0.871. The molecule has 2 rings (SSSR count). The molecule has 1 saturated heterocycles. The van der Waals surface area contributed by atoms with Gasteiger partial charge in [-0.25, -0.2) is 4.79 Å². The van der Waals surface area contributed by atoms with Gasteiger partial charge in [0.1, 0.15) is 11.3 Å². The Morgan fingerprint density at radius 1 is 1.39 bits per heavy atom. The third-order valence-corrected chi connectivity index (χ3v) is 2.99. The van der Waals surface area contributed by atoms with E-state index < -0.39 is 5.97 Å². The maximum atomic E-state index is 11.6. The zero-order valence-electron chi connectivity index (χ0n) is 10.2. The number of nitrogens with zero attached hydrogens (tertiary/aromatic N) is 1. The summed E-state index contributed by atoms with van der Waals surface area (Å²) in [6.45, 7) is 3.19. The van der Waals surface area contributed by atoms with Gasteiger partial charge >= 0.3 is 5.97 Å². The molecule has 0 unspecified atom stereocenters. The lowest BCUT2D eigenvalue weighted by Crippen LogP contribution is -2.44. The molecule has 1 aromatic carbocycles. The van der Waals surface area contributed by atoms with Crippen LogP contribution in [0, 0.1) is 6.92 Å². The van der Waals surface area contributed by atoms with Crippen LogP contribution in [0.15, 0.2) is 18.2 Å². The number of carboxylic acid groups (broad SMARTS) is 1. The molecule has 5 heteroatoms. The number of hydrogen-bond donors (Lipinski definition) is 1. The lowest BCUT2D eigenvalue weighted by molar-refractivity contribution is -0.136. The van der Waals surface area contributed by atoms with E-state index in [9.17, 15) is 9.59 Å². The Balaban J connectivity index is 2.08. The smallest absolute Gasteiger partial charge is 0.339 e. The van der Waals surface area contributed by atoms with Crippen molar-refractivity contribution in [1.82, 2.24) is 4.90 Å². The first-order valence-corrected chi connectivity index (χ1v) is 5.83. The largest absolute Gasteiger partial charge is 0.483 e. The summed E-state index contributed by atoms with van der Waals surface area (Å²) in [5, 5.41) is 9.05. The number of benzene rings is 1. The Morgan fingerprint density at radius 3 is 2.67 bits per heavy atom. The average Bonchev–Trinajstić information content (AvgIpc) is 2.24. The lowest BCUT2D eigenvalue weighted by Gasteiger charge is -2.30. The lowest BCUT2D eigenvalue weighted by atomic mass is 10.1. The van der Waals surface area contributed by atoms with Gasteiger partial charge in [-0.2, -0.15) is 0 Å². The first-order valence-electron chi connectivity index (χ1n) is 5.83. The van der Waals surface area contributed by atoms with E-state index in [-0.39, 0.29) is 23.8 Å². The second-order valence-corrected chi connectivity index (χ2v) is 4.28. The minimum absolute atomic E-state index is 0.0893. The number of hydrogen-bond acceptors (Lipinski definition) is 3. The summed E-state index contributed by atoms with van der Waals surface area (Å²) in [7, 11) is 0. The zero-order chi connectivity index (χ0) is 13.1. The van der Waals surface area contributed by atoms with Gasteiger partial charge in [-0.05, 0) is 25.0 Å². The van der Waals surface area contributed by atoms with Crippen LogP contribution in [0.2, 0.25) is 0 Å². The van der Waals surface area contributed by atoms with Crippen molar-refractivity contribution >= 4 is 11.9 Å². The summed E-state index contributed by atoms with van der Waals surface area (Å²) in [6, 6.07) is 4.89. The molecule has 0 aliphatic carbocycles. The molecule has 1 N–H and O–H groups in total. The molecule has 1 fully saturated rings. The molecule has 0 saturated carbocycles. The van der Waals surface area contributed by atoms with Crippen molar-refractivity contribution in [1.29, 1.82) is 0 Å². The van der Waals surface area contributed by atoms with Crippen LogP contribution < -0.4 is 4.74 Å². The summed E-state index contributed by atoms with van der Waals surface area (Å²) in [4.78, 5) is 24.4. The van der Waals surface area contributed by atoms with E-state index in [1.165, 1.54) is 6.07 Å². The summed E-state index contributed by atoms with van der Waals surface area (Å²) >= 11 is 0. The third-order valence-electron chi connectivity index (χ3n) is 2.99. The van der Waals surface area contributed by atoms with Gasteiger partial charge in [0.2, 0.25) is 0 Å². The number of amides is 1. The van der Waals surface area contributed by atoms with Crippen molar-refractivity contribution in [3.05, 3.63) is 29.3 Å². The van der Waals surface area contributed by atoms with Gasteiger partial charge in [0, 0.05) is 13.1 Å². The van der Waals surface area contributed by atoms with Crippen molar-refractivity contribution < 1.29 is 19.4 Å². The molecular formula is C13H15NO4. The van der Waals surface area contributed by atoms with Gasteiger partial charge in [0.15, 0.2) is 6.61 Å². The van der Waals surface area contributed by atoms with Gasteiger partial charge in [-0.3, -0.25) is 4.79 Å². The van der Waals surface area contributed by atoms with E-state index in [0.29, 0.717) is 5.56 Å². The van der Waals surface area contributed by atoms with E-state index in [1.807, 2.05) is 0 Å². The fourth-order valence-corrected chi connectivity index (χ4v) is 1.80. The number of carboxylic acids is 1. The summed E-state index contributed by atoms with van der Waals surface area (Å²) in [5.41, 5.74) is 0.803. The fourth-order valence-electron chi connectivity index (χ4n) is 1.80. The summed E-state index contributed by atoms with van der Waals surface area (Å²) < 4.78 is 5.38. The highest BCUT2D eigenvalue weighted by molar-refractivity contribution is 5.91. The Hall–Kier alpha value is -2.04. The first kappa shape index (κ1) is 12.4. The molecule has 1 aromatic rings. The Kier molecular flexibility index (Phi) is 3.50. The summed E-state index contributed by atoms with van der Waals surface area (Å²) in [6.07, 6.45) is 1.02. The van der Waals surface area contributed by atoms with Crippen molar-refractivity contribution in [3.63, 3.8) is 0 Å². The van der Waals surface area contributed by atoms with E-state index >= 15 is 0 Å². The SMILES string of the molecule is Cc1cccc(C(=O)O)c1OCC(=O)N1CCC1. The van der Waals surface area contributed by atoms with Gasteiger partial charge in [-0.15, -0.1) is 0 Å². The van der Waals surface area contributed by atoms with Gasteiger partial charge in [0.25, 0.3) is 5.91 Å². The van der Waals surface area contributed by atoms with Crippen molar-refractivity contribution in [2.24, 2.45) is 0 Å². The Bertz CT molecular complexity index is 480. The number of carbonyl (C=O) groups excluding carboxylic acids is 1. The van der Waals surface area contributed by atoms with Crippen LogP contribution in [0.1, 0.15) is 22.3 Å². The normalized spacial score (nSPS) is 13.9. The van der Waals surface area contributed by atoms with Crippen LogP contribution in [0.4, 0.5) is 0 Å². The van der Waals surface area contributed by atoms with Crippen LogP contribution in [0.5, 0.6) is 5.75 Å². The number of rotatable bonds is 4. The van der Waals surface area contributed by atoms with Crippen LogP contribution in [-0.4, -0.2) is 41.6 Å². The van der Waals surface area contributed by atoms with Crippen LogP contribution in [0.25, 0.3) is 0 Å². The second-order valence-electron chi connectivity index (χ2n) is 4.28. The van der Waals surface area contributed by atoms with Crippen LogP contribution in [0.3, 0.4) is 0 Å². The number of likely N-dealkylation sites (tertiary alicyclic amines) is 1. The quantitative estimate of drug-likeness (QED) is 0.873. The Morgan fingerprint density at radius 2 is 2.11 bits per heavy atom. The van der Waals surface area contributed by atoms with Gasteiger partial charge in [-0.1, -0.05) is 12.1 Å². The molecule has 0 atom stereocenters. The first-order chi connectivity index (χ1) is 8.59. The highest BCUT2D eigenvalue weighted by atomic mass is 16.5. The van der Waals surface area contributed by atoms with Crippen LogP contribution in [-0.2, 0) is 4.79 Å². The molecule has 0 bridgehead atoms. The number of ether oxygens (including phenoxy) is 1. The monoisotopic (exact) mass is 249 g/mol. The standard InChI is InChI=1S/C13H15NO4/c1-9-4-2-5-10(13(16)17)12(9)18-8-11(15)14-6-3-7-14/h2,4-5H,3,6-8H2,1H3,(H,16,17). The molecular weight excluding hydrogens is 234 g/mol. The predicted octanol–water partition coefficient (Wildman–Crippen LogP) is 1.30. The van der Waals surface area contributed by atoms with E-state index in [4.69, 9.17) is 9.84 Å². The Labute approximate surface area is 105 Å². The molecule has 96 valence electrons. The van der Waals surface area contributed by atoms with E-state index in [1.54, 1.807) is 24.0 Å². The number of para-hydroxylation sites is 1. The van der Waals surface area contributed by atoms with Crippen molar-refractivity contribution in [2.45, 2.75) is 13.3 Å². The molecule has 1 aliphatic rings. The number of carbonyl (C=O) groups is 2. The highest BCUT2D eigenvalue weighted by Crippen LogP contribution is 2.23. The van der Waals surface area contributed by atoms with Gasteiger partial charge in [0.05, 0.1) is 0 Å². The molecule has 1 amide bonds.